The quantitative estimate of drug-likeness (QED) is 0.569. The fourth-order valence-electron chi connectivity index (χ4n) is 7.03. The summed E-state index contributed by atoms with van der Waals surface area (Å²) in [6, 6.07) is 0. The summed E-state index contributed by atoms with van der Waals surface area (Å²) in [6.45, 7) is 11.8. The second-order valence-electron chi connectivity index (χ2n) is 8.86. The zero-order chi connectivity index (χ0) is 18.0. The van der Waals surface area contributed by atoms with Crippen LogP contribution >= 0.6 is 0 Å². The molecule has 2 aliphatic heterocycles. The molecule has 5 heteroatoms. The highest BCUT2D eigenvalue weighted by atomic mass is 16.7. The van der Waals surface area contributed by atoms with Crippen LogP contribution in [0.1, 0.15) is 47.0 Å². The van der Waals surface area contributed by atoms with E-state index in [2.05, 4.69) is 20.4 Å². The largest absolute Gasteiger partial charge is 0.455 e. The summed E-state index contributed by atoms with van der Waals surface area (Å²) in [5.41, 5.74) is -1.45. The van der Waals surface area contributed by atoms with Crippen molar-refractivity contribution in [2.45, 2.75) is 69.9 Å². The highest BCUT2D eigenvalue weighted by Crippen LogP contribution is 2.86. The minimum absolute atomic E-state index is 0.166. The third-order valence-corrected chi connectivity index (χ3v) is 8.08. The van der Waals surface area contributed by atoms with Crippen LogP contribution in [-0.2, 0) is 23.8 Å². The first-order valence-corrected chi connectivity index (χ1v) is 9.15. The van der Waals surface area contributed by atoms with Crippen LogP contribution in [0, 0.1) is 17.3 Å². The van der Waals surface area contributed by atoms with Gasteiger partial charge in [0.15, 0.2) is 11.2 Å². The Morgan fingerprint density at radius 2 is 2.12 bits per heavy atom. The summed E-state index contributed by atoms with van der Waals surface area (Å²) >= 11 is 0. The molecule has 0 aromatic carbocycles. The van der Waals surface area contributed by atoms with Gasteiger partial charge < -0.3 is 14.2 Å². The Hall–Kier alpha value is -1.62. The van der Waals surface area contributed by atoms with Gasteiger partial charge in [-0.3, -0.25) is 0 Å². The molecule has 0 bridgehead atoms. The number of rotatable bonds is 2. The predicted octanol–water partition coefficient (Wildman–Crippen LogP) is 2.69. The predicted molar refractivity (Wildman–Crippen MR) is 88.4 cm³/mol. The van der Waals surface area contributed by atoms with Gasteiger partial charge in [0, 0.05) is 16.9 Å². The lowest BCUT2D eigenvalue weighted by Crippen LogP contribution is -2.70. The zero-order valence-corrected chi connectivity index (χ0v) is 15.2. The Bertz CT molecular complexity index is 783. The SMILES string of the molecule is C=C1C(=O)OC23C4C5CCC4(C)OC12C(OC(=O)C(C)=CC)CC53C. The first-order valence-electron chi connectivity index (χ1n) is 9.15. The van der Waals surface area contributed by atoms with Gasteiger partial charge in [0.05, 0.1) is 11.2 Å². The van der Waals surface area contributed by atoms with Crippen LogP contribution in [0.4, 0.5) is 0 Å². The Labute approximate surface area is 147 Å². The number of carbonyl (C=O) groups is 2. The molecule has 0 amide bonds. The molecule has 25 heavy (non-hydrogen) atoms. The lowest BCUT2D eigenvalue weighted by molar-refractivity contribution is -0.236. The number of esters is 2. The van der Waals surface area contributed by atoms with E-state index in [0.29, 0.717) is 23.5 Å². The van der Waals surface area contributed by atoms with Crippen molar-refractivity contribution in [2.75, 3.05) is 0 Å². The van der Waals surface area contributed by atoms with Crippen LogP contribution in [0.2, 0.25) is 0 Å². The number of allylic oxidation sites excluding steroid dienone is 1. The number of hydrogen-bond donors (Lipinski definition) is 0. The molecule has 5 rings (SSSR count). The normalized spacial score (nSPS) is 54.9. The van der Waals surface area contributed by atoms with Gasteiger partial charge in [-0.05, 0) is 46.0 Å². The van der Waals surface area contributed by atoms with Gasteiger partial charge in [-0.1, -0.05) is 19.6 Å². The summed E-state index contributed by atoms with van der Waals surface area (Å²) in [5, 5.41) is 0. The zero-order valence-electron chi connectivity index (χ0n) is 15.2. The van der Waals surface area contributed by atoms with E-state index < -0.39 is 23.3 Å². The van der Waals surface area contributed by atoms with Crippen LogP contribution in [0.15, 0.2) is 23.8 Å². The van der Waals surface area contributed by atoms with Crippen molar-refractivity contribution in [3.63, 3.8) is 0 Å². The number of hydrogen-bond acceptors (Lipinski definition) is 5. The molecule has 0 aromatic rings. The summed E-state index contributed by atoms with van der Waals surface area (Å²) in [5.74, 6) is -0.162. The van der Waals surface area contributed by atoms with E-state index in [0.717, 1.165) is 12.8 Å². The second-order valence-corrected chi connectivity index (χ2v) is 8.86. The number of carbonyl (C=O) groups excluding carboxylic acids is 2. The standard InChI is InChI=1S/C20H24O5/c1-6-10(2)15(21)23-13-9-17(4)12-7-8-18(5)14(12)20(17)19(13,25-18)11(3)16(22)24-20/h6,12-14H,3,7-9H2,1-2,4-5H3. The van der Waals surface area contributed by atoms with E-state index in [1.165, 1.54) is 0 Å². The maximum absolute atomic E-state index is 12.5. The van der Waals surface area contributed by atoms with Crippen LogP contribution < -0.4 is 0 Å². The molecular weight excluding hydrogens is 320 g/mol. The Kier molecular flexibility index (Phi) is 2.52. The van der Waals surface area contributed by atoms with Crippen LogP contribution in [0.5, 0.6) is 0 Å². The first-order chi connectivity index (χ1) is 11.7. The van der Waals surface area contributed by atoms with Crippen LogP contribution in [0.3, 0.4) is 0 Å². The van der Waals surface area contributed by atoms with Gasteiger partial charge in [0.25, 0.3) is 0 Å². The highest BCUT2D eigenvalue weighted by Gasteiger charge is 2.97. The molecule has 5 aliphatic rings. The molecule has 2 heterocycles. The fourth-order valence-corrected chi connectivity index (χ4v) is 7.03. The topological polar surface area (TPSA) is 61.8 Å². The monoisotopic (exact) mass is 344 g/mol. The maximum atomic E-state index is 12.5. The minimum atomic E-state index is -1.03. The van der Waals surface area contributed by atoms with Crippen LogP contribution in [-0.4, -0.2) is 34.8 Å². The molecule has 7 atom stereocenters. The molecule has 1 spiro atoms. The van der Waals surface area contributed by atoms with Gasteiger partial charge in [-0.25, -0.2) is 9.59 Å². The Morgan fingerprint density at radius 1 is 1.40 bits per heavy atom. The van der Waals surface area contributed by atoms with E-state index in [1.807, 2.05) is 0 Å². The highest BCUT2D eigenvalue weighted by molar-refractivity contribution is 5.96. The molecule has 0 aromatic heterocycles. The summed E-state index contributed by atoms with van der Waals surface area (Å²) in [6.07, 6.45) is 3.86. The lowest BCUT2D eigenvalue weighted by atomic mass is 9.44. The molecular formula is C20H24O5. The third kappa shape index (κ3) is 1.25. The van der Waals surface area contributed by atoms with Crippen molar-refractivity contribution >= 4 is 11.9 Å². The third-order valence-electron chi connectivity index (χ3n) is 8.08. The average Bonchev–Trinajstić information content (AvgIpc) is 3.12. The van der Waals surface area contributed by atoms with Gasteiger partial charge in [0.1, 0.15) is 6.10 Å². The molecule has 2 saturated heterocycles. The Balaban J connectivity index is 1.67. The molecule has 3 aliphatic carbocycles. The van der Waals surface area contributed by atoms with E-state index in [9.17, 15) is 9.59 Å². The van der Waals surface area contributed by atoms with Crippen molar-refractivity contribution in [2.24, 2.45) is 17.3 Å². The van der Waals surface area contributed by atoms with E-state index >= 15 is 0 Å². The maximum Gasteiger partial charge on any atom is 0.337 e. The van der Waals surface area contributed by atoms with E-state index in [4.69, 9.17) is 14.2 Å². The van der Waals surface area contributed by atoms with Crippen molar-refractivity contribution < 1.29 is 23.8 Å². The molecule has 3 saturated carbocycles. The summed E-state index contributed by atoms with van der Waals surface area (Å²) in [4.78, 5) is 25.0. The van der Waals surface area contributed by atoms with Gasteiger partial charge >= 0.3 is 11.9 Å². The first kappa shape index (κ1) is 15.6. The van der Waals surface area contributed by atoms with Crippen molar-refractivity contribution in [1.82, 2.24) is 0 Å². The summed E-state index contributed by atoms with van der Waals surface area (Å²) in [7, 11) is 0. The number of ether oxygens (including phenoxy) is 3. The molecule has 0 radical (unpaired) electrons. The number of fused-ring (bicyclic) bond motifs is 1. The van der Waals surface area contributed by atoms with Crippen molar-refractivity contribution in [1.29, 1.82) is 0 Å². The molecule has 7 unspecified atom stereocenters. The van der Waals surface area contributed by atoms with Crippen molar-refractivity contribution in [3.8, 4) is 0 Å². The molecule has 0 N–H and O–H groups in total. The average molecular weight is 344 g/mol. The van der Waals surface area contributed by atoms with Gasteiger partial charge in [-0.15, -0.1) is 0 Å². The second kappa shape index (κ2) is 4.03. The van der Waals surface area contributed by atoms with Gasteiger partial charge in [-0.2, -0.15) is 0 Å². The smallest absolute Gasteiger partial charge is 0.337 e. The minimum Gasteiger partial charge on any atom is -0.455 e. The van der Waals surface area contributed by atoms with E-state index in [-0.39, 0.29) is 22.9 Å². The molecule has 5 fully saturated rings. The lowest BCUT2D eigenvalue weighted by Gasteiger charge is -2.60. The van der Waals surface area contributed by atoms with Gasteiger partial charge in [0.2, 0.25) is 0 Å². The summed E-state index contributed by atoms with van der Waals surface area (Å²) < 4.78 is 18.6. The molecule has 5 nitrogen and oxygen atoms in total. The van der Waals surface area contributed by atoms with Crippen LogP contribution in [0.25, 0.3) is 0 Å². The Morgan fingerprint density at radius 3 is 2.80 bits per heavy atom. The molecule has 134 valence electrons. The van der Waals surface area contributed by atoms with E-state index in [1.54, 1.807) is 19.9 Å². The van der Waals surface area contributed by atoms with Crippen molar-refractivity contribution in [3.05, 3.63) is 23.8 Å². The fraction of sp³-hybridized carbons (Fsp3) is 0.700.